The van der Waals surface area contributed by atoms with Gasteiger partial charge < -0.3 is 19.9 Å². The number of carbonyl (C=O) groups excluding carboxylic acids is 1. The van der Waals surface area contributed by atoms with Crippen LogP contribution in [-0.4, -0.2) is 103 Å². The SMILES string of the molecule is C[C@@H](CN(C)OCC(=O)N1CCN(c2ncc(C#N)cn2)CC1)Nc1cnn(COCC[Si](C)(C)C)c(=O)c1C(F)(F)F. The van der Waals surface area contributed by atoms with E-state index in [1.165, 1.54) is 17.5 Å². The molecule has 236 valence electrons. The first-order chi connectivity index (χ1) is 20.2. The maximum atomic E-state index is 13.9. The average molecular weight is 626 g/mol. The molecule has 0 saturated carbocycles. The topological polar surface area (TPSA) is 142 Å². The van der Waals surface area contributed by atoms with Crippen molar-refractivity contribution in [2.75, 3.05) is 63.2 Å². The van der Waals surface area contributed by atoms with Gasteiger partial charge in [0.05, 0.1) is 29.8 Å². The minimum atomic E-state index is -4.91. The molecule has 17 heteroatoms. The number of piperazine rings is 1. The Bertz CT molecular complexity index is 1320. The molecule has 13 nitrogen and oxygen atoms in total. The fraction of sp³-hybridized carbons (Fsp3) is 0.615. The Morgan fingerprint density at radius 1 is 1.19 bits per heavy atom. The normalized spacial score (nSPS) is 15.0. The minimum Gasteiger partial charge on any atom is -0.379 e. The number of hydrogen-bond donors (Lipinski definition) is 1. The zero-order valence-electron chi connectivity index (χ0n) is 25.0. The van der Waals surface area contributed by atoms with Crippen molar-refractivity contribution >= 4 is 25.6 Å². The van der Waals surface area contributed by atoms with Gasteiger partial charge in [0.15, 0.2) is 0 Å². The lowest BCUT2D eigenvalue weighted by molar-refractivity contribution is -0.167. The van der Waals surface area contributed by atoms with E-state index in [9.17, 15) is 22.8 Å². The molecule has 3 heterocycles. The van der Waals surface area contributed by atoms with Crippen LogP contribution in [0.2, 0.25) is 25.7 Å². The lowest BCUT2D eigenvalue weighted by Crippen LogP contribution is -2.50. The van der Waals surface area contributed by atoms with Crippen molar-refractivity contribution in [2.24, 2.45) is 0 Å². The average Bonchev–Trinajstić information content (AvgIpc) is 2.94. The van der Waals surface area contributed by atoms with Gasteiger partial charge >= 0.3 is 6.18 Å². The van der Waals surface area contributed by atoms with Crippen LogP contribution in [0.5, 0.6) is 0 Å². The van der Waals surface area contributed by atoms with Gasteiger partial charge in [-0.15, -0.1) is 0 Å². The van der Waals surface area contributed by atoms with E-state index < -0.39 is 37.1 Å². The summed E-state index contributed by atoms with van der Waals surface area (Å²) >= 11 is 0. The van der Waals surface area contributed by atoms with Crippen molar-refractivity contribution < 1.29 is 27.5 Å². The molecule has 2 aromatic rings. The summed E-state index contributed by atoms with van der Waals surface area (Å²) in [6, 6.07) is 2.18. The van der Waals surface area contributed by atoms with Crippen LogP contribution in [0.3, 0.4) is 0 Å². The molecule has 0 radical (unpaired) electrons. The third-order valence-electron chi connectivity index (χ3n) is 6.56. The quantitative estimate of drug-likeness (QED) is 0.199. The molecule has 1 atom stereocenters. The number of aromatic nitrogens is 4. The van der Waals surface area contributed by atoms with E-state index >= 15 is 0 Å². The van der Waals surface area contributed by atoms with E-state index in [2.05, 4.69) is 40.0 Å². The van der Waals surface area contributed by atoms with Crippen molar-refractivity contribution in [1.29, 1.82) is 5.26 Å². The van der Waals surface area contributed by atoms with E-state index in [4.69, 9.17) is 14.8 Å². The molecule has 1 amide bonds. The molecule has 1 aliphatic rings. The second kappa shape index (κ2) is 14.7. The molecule has 1 aliphatic heterocycles. The number of nitrogens with one attached hydrogen (secondary N) is 1. The van der Waals surface area contributed by atoms with Gasteiger partial charge in [-0.25, -0.2) is 14.6 Å². The Labute approximate surface area is 249 Å². The number of nitriles is 1. The highest BCUT2D eigenvalue weighted by Gasteiger charge is 2.38. The summed E-state index contributed by atoms with van der Waals surface area (Å²) in [4.78, 5) is 42.8. The minimum absolute atomic E-state index is 0.108. The molecule has 3 rings (SSSR count). The lowest BCUT2D eigenvalue weighted by Gasteiger charge is -2.35. The molecule has 1 saturated heterocycles. The van der Waals surface area contributed by atoms with Crippen molar-refractivity contribution in [3.05, 3.63) is 40.1 Å². The number of alkyl halides is 3. The predicted molar refractivity (Wildman–Crippen MR) is 155 cm³/mol. The fourth-order valence-corrected chi connectivity index (χ4v) is 4.95. The van der Waals surface area contributed by atoms with Crippen LogP contribution in [0.15, 0.2) is 23.4 Å². The summed E-state index contributed by atoms with van der Waals surface area (Å²) in [5.74, 6) is 0.239. The highest BCUT2D eigenvalue weighted by molar-refractivity contribution is 6.76. The smallest absolute Gasteiger partial charge is 0.379 e. The standard InChI is InChI=1S/C26H38F3N9O4Si/c1-19(34-21-15-33-38(18-41-10-11-43(3,4)5)24(40)23(21)26(27,28)29)16-35(2)42-17-22(39)36-6-8-37(9-7-36)25-31-13-20(12-30)14-32-25/h13-15,19,34H,6-11,16-18H2,1-5H3/t19-/m0/s1. The third kappa shape index (κ3) is 10.3. The highest BCUT2D eigenvalue weighted by atomic mass is 28.3. The van der Waals surface area contributed by atoms with Gasteiger partial charge in [-0.05, 0) is 13.0 Å². The summed E-state index contributed by atoms with van der Waals surface area (Å²) in [6.07, 6.45) is -1.05. The molecule has 1 N–H and O–H groups in total. The van der Waals surface area contributed by atoms with Gasteiger partial charge in [0.25, 0.3) is 11.5 Å². The van der Waals surface area contributed by atoms with Crippen LogP contribution in [0.1, 0.15) is 18.1 Å². The number of halogens is 3. The highest BCUT2D eigenvalue weighted by Crippen LogP contribution is 2.32. The lowest BCUT2D eigenvalue weighted by atomic mass is 10.2. The Hall–Kier alpha value is -3.59. The fourth-order valence-electron chi connectivity index (χ4n) is 4.20. The molecular weight excluding hydrogens is 587 g/mol. The summed E-state index contributed by atoms with van der Waals surface area (Å²) in [5.41, 5.74) is -2.73. The number of nitrogens with zero attached hydrogens (tertiary/aromatic N) is 8. The first-order valence-electron chi connectivity index (χ1n) is 13.8. The number of rotatable bonds is 13. The Morgan fingerprint density at radius 2 is 1.84 bits per heavy atom. The second-order valence-electron chi connectivity index (χ2n) is 11.5. The molecule has 43 heavy (non-hydrogen) atoms. The maximum Gasteiger partial charge on any atom is 0.423 e. The Kier molecular flexibility index (Phi) is 11.6. The number of likely N-dealkylation sites (N-methyl/N-ethyl adjacent to an activating group) is 1. The summed E-state index contributed by atoms with van der Waals surface area (Å²) in [7, 11) is 0.159. The first-order valence-corrected chi connectivity index (χ1v) is 17.5. The molecule has 0 bridgehead atoms. The molecular formula is C26H38F3N9O4Si. The summed E-state index contributed by atoms with van der Waals surface area (Å²) < 4.78 is 47.7. The monoisotopic (exact) mass is 625 g/mol. The van der Waals surface area contributed by atoms with Crippen LogP contribution < -0.4 is 15.8 Å². The number of hydroxylamine groups is 2. The first kappa shape index (κ1) is 33.9. The molecule has 0 aliphatic carbocycles. The Morgan fingerprint density at radius 3 is 2.42 bits per heavy atom. The van der Waals surface area contributed by atoms with E-state index in [1.807, 2.05) is 11.0 Å². The van der Waals surface area contributed by atoms with Crippen molar-refractivity contribution in [2.45, 2.75) is 51.6 Å². The number of amides is 1. The van der Waals surface area contributed by atoms with Crippen molar-refractivity contribution in [3.8, 4) is 6.07 Å². The van der Waals surface area contributed by atoms with Gasteiger partial charge in [-0.1, -0.05) is 19.6 Å². The van der Waals surface area contributed by atoms with Crippen LogP contribution in [0, 0.1) is 11.3 Å². The number of hydrogen-bond acceptors (Lipinski definition) is 11. The van der Waals surface area contributed by atoms with Crippen molar-refractivity contribution in [3.63, 3.8) is 0 Å². The van der Waals surface area contributed by atoms with Crippen LogP contribution >= 0.6 is 0 Å². The summed E-state index contributed by atoms with van der Waals surface area (Å²) in [5, 5.41) is 16.8. The van der Waals surface area contributed by atoms with Crippen molar-refractivity contribution in [1.82, 2.24) is 29.7 Å². The molecule has 1 fully saturated rings. The number of ether oxygens (including phenoxy) is 1. The zero-order chi connectivity index (χ0) is 31.8. The largest absolute Gasteiger partial charge is 0.423 e. The molecule has 0 spiro atoms. The number of anilines is 2. The van der Waals surface area contributed by atoms with Gasteiger partial charge in [0.1, 0.15) is 25.0 Å². The van der Waals surface area contributed by atoms with Crippen LogP contribution in [0.25, 0.3) is 0 Å². The van der Waals surface area contributed by atoms with Gasteiger partial charge in [-0.2, -0.15) is 28.6 Å². The zero-order valence-corrected chi connectivity index (χ0v) is 26.0. The number of carbonyl (C=O) groups is 1. The Balaban J connectivity index is 1.49. The van der Waals surface area contributed by atoms with Gasteiger partial charge in [0.2, 0.25) is 5.95 Å². The van der Waals surface area contributed by atoms with E-state index in [0.29, 0.717) is 49.0 Å². The molecule has 0 unspecified atom stereocenters. The maximum absolute atomic E-state index is 13.9. The van der Waals surface area contributed by atoms with E-state index in [-0.39, 0.29) is 25.8 Å². The van der Waals surface area contributed by atoms with Gasteiger partial charge in [-0.3, -0.25) is 14.4 Å². The van der Waals surface area contributed by atoms with Gasteiger partial charge in [0, 0.05) is 60.5 Å². The predicted octanol–water partition coefficient (Wildman–Crippen LogP) is 2.25. The molecule has 2 aromatic heterocycles. The third-order valence-corrected chi connectivity index (χ3v) is 8.27. The molecule has 0 aromatic carbocycles. The van der Waals surface area contributed by atoms with Crippen LogP contribution in [0.4, 0.5) is 24.8 Å². The van der Waals surface area contributed by atoms with E-state index in [1.54, 1.807) is 18.9 Å². The second-order valence-corrected chi connectivity index (χ2v) is 17.1. The van der Waals surface area contributed by atoms with Crippen LogP contribution in [-0.2, 0) is 27.3 Å². The van der Waals surface area contributed by atoms with E-state index in [0.717, 1.165) is 12.2 Å². The summed E-state index contributed by atoms with van der Waals surface area (Å²) in [6.45, 7) is 9.74.